The number of nitrogens with one attached hydrogen (secondary N) is 1. The molecule has 3 heteroatoms. The lowest BCUT2D eigenvalue weighted by Gasteiger charge is -2.24. The minimum Gasteiger partial charge on any atom is -0.384 e. The van der Waals surface area contributed by atoms with Crippen LogP contribution in [-0.4, -0.2) is 50.8 Å². The van der Waals surface area contributed by atoms with Gasteiger partial charge in [-0.25, -0.2) is 0 Å². The predicted octanol–water partition coefficient (Wildman–Crippen LogP) is 1.12. The van der Waals surface area contributed by atoms with Crippen molar-refractivity contribution in [2.45, 2.75) is 19.4 Å². The fourth-order valence-electron chi connectivity index (χ4n) is 2.16. The van der Waals surface area contributed by atoms with Crippen LogP contribution < -0.4 is 5.32 Å². The zero-order valence-electron chi connectivity index (χ0n) is 10.0. The summed E-state index contributed by atoms with van der Waals surface area (Å²) < 4.78 is 5.20. The molecule has 1 fully saturated rings. The summed E-state index contributed by atoms with van der Waals surface area (Å²) in [6.45, 7) is 11.2. The molecule has 1 N–H and O–H groups in total. The number of hydrogen-bond donors (Lipinski definition) is 1. The Balaban J connectivity index is 2.17. The Hall–Kier alpha value is -0.380. The van der Waals surface area contributed by atoms with Gasteiger partial charge in [0.05, 0.1) is 6.61 Å². The van der Waals surface area contributed by atoms with Crippen molar-refractivity contribution in [3.05, 3.63) is 12.7 Å². The highest BCUT2D eigenvalue weighted by atomic mass is 16.5. The lowest BCUT2D eigenvalue weighted by Crippen LogP contribution is -2.39. The fourth-order valence-corrected chi connectivity index (χ4v) is 2.16. The van der Waals surface area contributed by atoms with Gasteiger partial charge in [-0.2, -0.15) is 0 Å². The summed E-state index contributed by atoms with van der Waals surface area (Å²) in [4.78, 5) is 2.54. The van der Waals surface area contributed by atoms with Gasteiger partial charge in [-0.3, -0.25) is 4.90 Å². The molecular weight excluding hydrogens is 188 g/mol. The number of methoxy groups -OCH3 is 1. The first kappa shape index (κ1) is 12.7. The van der Waals surface area contributed by atoms with E-state index in [9.17, 15) is 0 Å². The molecule has 0 radical (unpaired) electrons. The molecule has 2 unspecified atom stereocenters. The third kappa shape index (κ3) is 4.33. The van der Waals surface area contributed by atoms with E-state index < -0.39 is 0 Å². The van der Waals surface area contributed by atoms with Gasteiger partial charge in [-0.05, 0) is 25.8 Å². The molecule has 2 atom stereocenters. The van der Waals surface area contributed by atoms with Crippen molar-refractivity contribution in [3.8, 4) is 0 Å². The molecule has 88 valence electrons. The summed E-state index contributed by atoms with van der Waals surface area (Å²) in [7, 11) is 1.79. The third-order valence-corrected chi connectivity index (χ3v) is 3.07. The van der Waals surface area contributed by atoms with Crippen LogP contribution in [-0.2, 0) is 4.74 Å². The quantitative estimate of drug-likeness (QED) is 0.505. The Morgan fingerprint density at radius 3 is 3.13 bits per heavy atom. The van der Waals surface area contributed by atoms with Crippen molar-refractivity contribution in [2.24, 2.45) is 5.92 Å². The second kappa shape index (κ2) is 6.99. The molecule has 1 saturated heterocycles. The van der Waals surface area contributed by atoms with Gasteiger partial charge in [0.15, 0.2) is 0 Å². The van der Waals surface area contributed by atoms with Crippen LogP contribution in [0, 0.1) is 5.92 Å². The molecule has 1 rings (SSSR count). The van der Waals surface area contributed by atoms with Gasteiger partial charge in [0, 0.05) is 32.8 Å². The molecular formula is C12H24N2O. The molecule has 1 aliphatic heterocycles. The normalized spacial score (nSPS) is 24.3. The molecule has 0 bridgehead atoms. The van der Waals surface area contributed by atoms with Crippen molar-refractivity contribution in [3.63, 3.8) is 0 Å². The molecule has 0 aliphatic carbocycles. The fraction of sp³-hybridized carbons (Fsp3) is 0.833. The van der Waals surface area contributed by atoms with Gasteiger partial charge >= 0.3 is 0 Å². The highest BCUT2D eigenvalue weighted by molar-refractivity contribution is 4.81. The van der Waals surface area contributed by atoms with E-state index >= 15 is 0 Å². The molecule has 0 saturated carbocycles. The van der Waals surface area contributed by atoms with Gasteiger partial charge in [0.25, 0.3) is 0 Å². The Labute approximate surface area is 93.5 Å². The predicted molar refractivity (Wildman–Crippen MR) is 64.1 cm³/mol. The standard InChI is InChI=1S/C12H24N2O/c1-4-6-13-8-11(2)14-7-5-12(9-14)10-15-3/h4,11-13H,1,5-10H2,2-3H3. The Morgan fingerprint density at radius 1 is 1.67 bits per heavy atom. The van der Waals surface area contributed by atoms with Crippen LogP contribution in [0.2, 0.25) is 0 Å². The largest absolute Gasteiger partial charge is 0.384 e. The van der Waals surface area contributed by atoms with E-state index in [0.29, 0.717) is 6.04 Å². The molecule has 1 aliphatic rings. The summed E-state index contributed by atoms with van der Waals surface area (Å²) in [5, 5.41) is 3.37. The molecule has 0 aromatic heterocycles. The number of hydrogen-bond acceptors (Lipinski definition) is 3. The summed E-state index contributed by atoms with van der Waals surface area (Å²) in [5.41, 5.74) is 0. The first-order valence-corrected chi connectivity index (χ1v) is 5.82. The van der Waals surface area contributed by atoms with Crippen LogP contribution in [0.1, 0.15) is 13.3 Å². The average Bonchev–Trinajstić information content (AvgIpc) is 2.67. The van der Waals surface area contributed by atoms with Crippen LogP contribution in [0.15, 0.2) is 12.7 Å². The van der Waals surface area contributed by atoms with E-state index in [1.165, 1.54) is 19.5 Å². The van der Waals surface area contributed by atoms with Gasteiger partial charge in [0.2, 0.25) is 0 Å². The highest BCUT2D eigenvalue weighted by Crippen LogP contribution is 2.18. The van der Waals surface area contributed by atoms with Gasteiger partial charge < -0.3 is 10.1 Å². The molecule has 0 amide bonds. The van der Waals surface area contributed by atoms with Crippen molar-refractivity contribution in [1.29, 1.82) is 0 Å². The lowest BCUT2D eigenvalue weighted by molar-refractivity contribution is 0.148. The molecule has 15 heavy (non-hydrogen) atoms. The third-order valence-electron chi connectivity index (χ3n) is 3.07. The van der Waals surface area contributed by atoms with Crippen LogP contribution >= 0.6 is 0 Å². The maximum absolute atomic E-state index is 5.20. The zero-order chi connectivity index (χ0) is 11.1. The molecule has 0 aromatic carbocycles. The van der Waals surface area contributed by atoms with Gasteiger partial charge in [-0.15, -0.1) is 6.58 Å². The highest BCUT2D eigenvalue weighted by Gasteiger charge is 2.25. The number of nitrogens with zero attached hydrogens (tertiary/aromatic N) is 1. The van der Waals surface area contributed by atoms with E-state index in [1.807, 2.05) is 6.08 Å². The lowest BCUT2D eigenvalue weighted by atomic mass is 10.1. The van der Waals surface area contributed by atoms with E-state index in [4.69, 9.17) is 4.74 Å². The first-order chi connectivity index (χ1) is 7.27. The number of ether oxygens (including phenoxy) is 1. The minimum atomic E-state index is 0.617. The van der Waals surface area contributed by atoms with Crippen molar-refractivity contribution < 1.29 is 4.74 Å². The summed E-state index contributed by atoms with van der Waals surface area (Å²) in [6, 6.07) is 0.617. The van der Waals surface area contributed by atoms with Crippen LogP contribution in [0.4, 0.5) is 0 Å². The smallest absolute Gasteiger partial charge is 0.0503 e. The average molecular weight is 212 g/mol. The van der Waals surface area contributed by atoms with Crippen LogP contribution in [0.5, 0.6) is 0 Å². The van der Waals surface area contributed by atoms with E-state index in [0.717, 1.165) is 25.6 Å². The zero-order valence-corrected chi connectivity index (χ0v) is 10.0. The summed E-state index contributed by atoms with van der Waals surface area (Å²) >= 11 is 0. The topological polar surface area (TPSA) is 24.5 Å². The van der Waals surface area contributed by atoms with Crippen molar-refractivity contribution in [2.75, 3.05) is 39.9 Å². The number of likely N-dealkylation sites (tertiary alicyclic amines) is 1. The van der Waals surface area contributed by atoms with Crippen LogP contribution in [0.25, 0.3) is 0 Å². The summed E-state index contributed by atoms with van der Waals surface area (Å²) in [6.07, 6.45) is 3.18. The maximum atomic E-state index is 5.20. The maximum Gasteiger partial charge on any atom is 0.0503 e. The van der Waals surface area contributed by atoms with Crippen molar-refractivity contribution in [1.82, 2.24) is 10.2 Å². The molecule has 3 nitrogen and oxygen atoms in total. The Morgan fingerprint density at radius 2 is 2.47 bits per heavy atom. The van der Waals surface area contributed by atoms with Gasteiger partial charge in [-0.1, -0.05) is 6.08 Å². The van der Waals surface area contributed by atoms with Crippen LogP contribution in [0.3, 0.4) is 0 Å². The molecule has 0 aromatic rings. The first-order valence-electron chi connectivity index (χ1n) is 5.82. The summed E-state index contributed by atoms with van der Waals surface area (Å²) in [5.74, 6) is 0.733. The molecule has 0 spiro atoms. The van der Waals surface area contributed by atoms with E-state index in [1.54, 1.807) is 7.11 Å². The second-order valence-corrected chi connectivity index (χ2v) is 4.40. The monoisotopic (exact) mass is 212 g/mol. The second-order valence-electron chi connectivity index (χ2n) is 4.40. The Bertz CT molecular complexity index is 184. The number of rotatable bonds is 7. The Kier molecular flexibility index (Phi) is 5.91. The van der Waals surface area contributed by atoms with E-state index in [-0.39, 0.29) is 0 Å². The van der Waals surface area contributed by atoms with Gasteiger partial charge in [0.1, 0.15) is 0 Å². The van der Waals surface area contributed by atoms with E-state index in [2.05, 4.69) is 23.7 Å². The SMILES string of the molecule is C=CCNCC(C)N1CCC(COC)C1. The minimum absolute atomic E-state index is 0.617. The molecule has 1 heterocycles. The van der Waals surface area contributed by atoms with Crippen molar-refractivity contribution >= 4 is 0 Å².